The molecule has 0 aliphatic heterocycles. The topological polar surface area (TPSA) is 36.4 Å². The van der Waals surface area contributed by atoms with Gasteiger partial charge in [0, 0.05) is 5.69 Å². The van der Waals surface area contributed by atoms with Gasteiger partial charge in [-0.2, -0.15) is 5.10 Å². The Morgan fingerprint density at radius 2 is 1.71 bits per heavy atom. The van der Waals surface area contributed by atoms with Crippen molar-refractivity contribution in [2.24, 2.45) is 5.10 Å². The summed E-state index contributed by atoms with van der Waals surface area (Å²) < 4.78 is 0. The first kappa shape index (κ1) is 18.1. The van der Waals surface area contributed by atoms with Crippen LogP contribution in [0.15, 0.2) is 59.7 Å². The minimum atomic E-state index is 0.497. The molecule has 0 aliphatic carbocycles. The average molecular weight is 340 g/mol. The van der Waals surface area contributed by atoms with Crippen LogP contribution in [0, 0.1) is 0 Å². The summed E-state index contributed by atoms with van der Waals surface area (Å²) in [7, 11) is 0. The smallest absolute Gasteiger partial charge is 0.191 e. The molecule has 24 heavy (non-hydrogen) atoms. The Morgan fingerprint density at radius 1 is 1.04 bits per heavy atom. The van der Waals surface area contributed by atoms with Gasteiger partial charge < -0.3 is 5.32 Å². The molecule has 0 bridgehead atoms. The van der Waals surface area contributed by atoms with Gasteiger partial charge >= 0.3 is 0 Å². The Morgan fingerprint density at radius 3 is 2.29 bits per heavy atom. The highest BCUT2D eigenvalue weighted by atomic mass is 32.1. The van der Waals surface area contributed by atoms with Gasteiger partial charge in [-0.3, -0.25) is 5.43 Å². The molecule has 0 aromatic heterocycles. The maximum atomic E-state index is 5.34. The van der Waals surface area contributed by atoms with Crippen molar-refractivity contribution in [3.63, 3.8) is 0 Å². The normalized spacial score (nSPS) is 11.4. The van der Waals surface area contributed by atoms with E-state index in [1.165, 1.54) is 5.56 Å². The number of thiocarbonyl (C=S) groups is 1. The molecule has 4 heteroatoms. The van der Waals surface area contributed by atoms with E-state index in [1.54, 1.807) is 0 Å². The molecule has 0 saturated heterocycles. The molecule has 2 rings (SSSR count). The van der Waals surface area contributed by atoms with E-state index in [0.717, 1.165) is 29.8 Å². The lowest BCUT2D eigenvalue weighted by Crippen LogP contribution is -2.25. The van der Waals surface area contributed by atoms with Crippen molar-refractivity contribution in [1.29, 1.82) is 0 Å². The predicted octanol–water partition coefficient (Wildman–Crippen LogP) is 5.30. The van der Waals surface area contributed by atoms with Crippen LogP contribution in [0.2, 0.25) is 0 Å². The van der Waals surface area contributed by atoms with Crippen molar-refractivity contribution >= 4 is 28.7 Å². The maximum absolute atomic E-state index is 5.34. The Labute approximate surface area is 150 Å². The van der Waals surface area contributed by atoms with Gasteiger partial charge in [0.15, 0.2) is 5.11 Å². The molecule has 0 atom stereocenters. The van der Waals surface area contributed by atoms with Gasteiger partial charge in [-0.25, -0.2) is 0 Å². The van der Waals surface area contributed by atoms with Gasteiger partial charge in [0.1, 0.15) is 0 Å². The molecule has 2 N–H and O–H groups in total. The van der Waals surface area contributed by atoms with E-state index in [0.29, 0.717) is 11.0 Å². The lowest BCUT2D eigenvalue weighted by molar-refractivity contribution is 0.867. The van der Waals surface area contributed by atoms with Crippen molar-refractivity contribution in [2.45, 2.75) is 39.5 Å². The van der Waals surface area contributed by atoms with Crippen molar-refractivity contribution < 1.29 is 0 Å². The summed E-state index contributed by atoms with van der Waals surface area (Å²) in [6.07, 6.45) is 1.94. The fraction of sp³-hybridized carbons (Fsp3) is 0.300. The van der Waals surface area contributed by atoms with Crippen LogP contribution in [-0.2, 0) is 0 Å². The first-order valence-corrected chi connectivity index (χ1v) is 8.80. The highest BCUT2D eigenvalue weighted by Crippen LogP contribution is 2.17. The van der Waals surface area contributed by atoms with Crippen LogP contribution in [0.4, 0.5) is 5.69 Å². The molecule has 0 amide bonds. The highest BCUT2D eigenvalue weighted by Gasteiger charge is 2.04. The molecule has 0 radical (unpaired) electrons. The van der Waals surface area contributed by atoms with Crippen molar-refractivity contribution in [3.05, 3.63) is 65.7 Å². The minimum absolute atomic E-state index is 0.497. The minimum Gasteiger partial charge on any atom is -0.331 e. The summed E-state index contributed by atoms with van der Waals surface area (Å²) in [5.41, 5.74) is 7.37. The zero-order valence-corrected chi connectivity index (χ0v) is 15.4. The third kappa shape index (κ3) is 5.46. The van der Waals surface area contributed by atoms with Crippen LogP contribution in [0.5, 0.6) is 0 Å². The standard InChI is InChI=1S/C20H25N3S/c1-4-8-19(17-9-6-5-7-10-17)22-23-20(24)21-18-13-11-16(12-14-18)15(2)3/h5-7,9-15H,4,8H2,1-3H3,(H2,21,23,24)/b22-19-. The maximum Gasteiger partial charge on any atom is 0.191 e. The van der Waals surface area contributed by atoms with Crippen LogP contribution in [0.25, 0.3) is 0 Å². The van der Waals surface area contributed by atoms with Crippen molar-refractivity contribution in [2.75, 3.05) is 5.32 Å². The van der Waals surface area contributed by atoms with Crippen LogP contribution >= 0.6 is 12.2 Å². The predicted molar refractivity (Wildman–Crippen MR) is 108 cm³/mol. The van der Waals surface area contributed by atoms with Crippen LogP contribution in [0.3, 0.4) is 0 Å². The van der Waals surface area contributed by atoms with Crippen LogP contribution < -0.4 is 10.7 Å². The number of nitrogens with zero attached hydrogens (tertiary/aromatic N) is 1. The van der Waals surface area contributed by atoms with Crippen molar-refractivity contribution in [1.82, 2.24) is 5.43 Å². The molecule has 2 aromatic rings. The molecule has 2 aromatic carbocycles. The number of hydrogen-bond acceptors (Lipinski definition) is 2. The molecule has 0 heterocycles. The fourth-order valence-electron chi connectivity index (χ4n) is 2.36. The van der Waals surface area contributed by atoms with E-state index >= 15 is 0 Å². The number of anilines is 1. The van der Waals surface area contributed by atoms with Crippen LogP contribution in [-0.4, -0.2) is 10.8 Å². The fourth-order valence-corrected chi connectivity index (χ4v) is 2.52. The lowest BCUT2D eigenvalue weighted by Gasteiger charge is -2.11. The summed E-state index contributed by atoms with van der Waals surface area (Å²) in [4.78, 5) is 0. The molecule has 0 spiro atoms. The highest BCUT2D eigenvalue weighted by molar-refractivity contribution is 7.80. The third-order valence-electron chi connectivity index (χ3n) is 3.72. The average Bonchev–Trinajstić information content (AvgIpc) is 2.60. The molecule has 0 unspecified atom stereocenters. The molecule has 126 valence electrons. The summed E-state index contributed by atoms with van der Waals surface area (Å²) in [5, 5.41) is 8.16. The van der Waals surface area contributed by atoms with Gasteiger partial charge in [-0.15, -0.1) is 0 Å². The van der Waals surface area contributed by atoms with E-state index in [2.05, 4.69) is 60.9 Å². The van der Waals surface area contributed by atoms with E-state index < -0.39 is 0 Å². The number of hydrogen-bond donors (Lipinski definition) is 2. The van der Waals surface area contributed by atoms with Crippen LogP contribution in [0.1, 0.15) is 50.7 Å². The molecule has 0 saturated carbocycles. The quantitative estimate of drug-likeness (QED) is 0.426. The zero-order chi connectivity index (χ0) is 17.4. The summed E-state index contributed by atoms with van der Waals surface area (Å²) >= 11 is 5.34. The molecule has 0 aliphatic rings. The largest absolute Gasteiger partial charge is 0.331 e. The van der Waals surface area contributed by atoms with E-state index in [4.69, 9.17) is 12.2 Å². The second-order valence-electron chi connectivity index (χ2n) is 6.02. The number of nitrogens with one attached hydrogen (secondary N) is 2. The number of benzene rings is 2. The van der Waals surface area contributed by atoms with Gasteiger partial charge in [0.05, 0.1) is 5.71 Å². The van der Waals surface area contributed by atoms with Gasteiger partial charge in [-0.05, 0) is 47.8 Å². The van der Waals surface area contributed by atoms with E-state index in [-0.39, 0.29) is 0 Å². The lowest BCUT2D eigenvalue weighted by atomic mass is 10.0. The molecular formula is C20H25N3S. The Kier molecular flexibility index (Phi) is 6.94. The Bertz CT molecular complexity index is 676. The second-order valence-corrected chi connectivity index (χ2v) is 6.43. The molecule has 0 fully saturated rings. The Hall–Kier alpha value is -2.20. The SMILES string of the molecule is CCC/C(=N/NC(=S)Nc1ccc(C(C)C)cc1)c1ccccc1. The number of hydrazone groups is 1. The van der Waals surface area contributed by atoms with E-state index in [9.17, 15) is 0 Å². The zero-order valence-electron chi connectivity index (χ0n) is 14.5. The first-order chi connectivity index (χ1) is 11.6. The van der Waals surface area contributed by atoms with Crippen molar-refractivity contribution in [3.8, 4) is 0 Å². The molecular weight excluding hydrogens is 314 g/mol. The first-order valence-electron chi connectivity index (χ1n) is 8.39. The monoisotopic (exact) mass is 339 g/mol. The molecule has 3 nitrogen and oxygen atoms in total. The third-order valence-corrected chi connectivity index (χ3v) is 3.91. The summed E-state index contributed by atoms with van der Waals surface area (Å²) in [6.45, 7) is 6.51. The number of rotatable bonds is 6. The summed E-state index contributed by atoms with van der Waals surface area (Å²) in [6, 6.07) is 18.5. The Balaban J connectivity index is 1.99. The second kappa shape index (κ2) is 9.18. The van der Waals surface area contributed by atoms with Gasteiger partial charge in [0.2, 0.25) is 0 Å². The summed E-state index contributed by atoms with van der Waals surface area (Å²) in [5.74, 6) is 0.524. The van der Waals surface area contributed by atoms with Gasteiger partial charge in [0.25, 0.3) is 0 Å². The van der Waals surface area contributed by atoms with Gasteiger partial charge in [-0.1, -0.05) is 69.7 Å². The van der Waals surface area contributed by atoms with E-state index in [1.807, 2.05) is 30.3 Å².